The highest BCUT2D eigenvalue weighted by molar-refractivity contribution is 7.85. The minimum atomic E-state index is -3.92. The molecule has 2 rings (SSSR count). The predicted molar refractivity (Wildman–Crippen MR) is 94.6 cm³/mol. The second kappa shape index (κ2) is 5.85. The topological polar surface area (TPSA) is 72.5 Å². The number of ketones is 1. The monoisotopic (exact) mass is 353 g/mol. The minimum absolute atomic E-state index is 0.0750. The fourth-order valence-corrected chi connectivity index (χ4v) is 3.82. The number of carbonyl (C=O) groups excluding carboxylic acids is 1. The number of hydrogen-bond acceptors (Lipinski definition) is 4. The Balaban J connectivity index is 2.78. The molecule has 1 heterocycles. The molecule has 0 radical (unpaired) electrons. The third kappa shape index (κ3) is 3.98. The summed E-state index contributed by atoms with van der Waals surface area (Å²) >= 11 is 0. The number of nitrogens with one attached hydrogen (secondary N) is 1. The fourth-order valence-electron chi connectivity index (χ4n) is 2.80. The van der Waals surface area contributed by atoms with Crippen LogP contribution in [0.3, 0.4) is 0 Å². The molecule has 0 aromatic heterocycles. The maximum Gasteiger partial charge on any atom is 0.383 e. The minimum Gasteiger partial charge on any atom is -0.370 e. The van der Waals surface area contributed by atoms with Crippen molar-refractivity contribution in [1.82, 2.24) is 4.72 Å². The summed E-state index contributed by atoms with van der Waals surface area (Å²) in [5, 5.41) is 0. The molecule has 0 unspecified atom stereocenters. The average molecular weight is 353 g/mol. The fraction of sp³-hybridized carbons (Fsp3) is 0.611. The van der Waals surface area contributed by atoms with Gasteiger partial charge in [0, 0.05) is 17.5 Å². The van der Waals surface area contributed by atoms with Crippen LogP contribution in [-0.2, 0) is 25.9 Å². The zero-order chi connectivity index (χ0) is 18.5. The Bertz CT molecular complexity index is 767. The first-order valence-corrected chi connectivity index (χ1v) is 9.51. The van der Waals surface area contributed by atoms with Gasteiger partial charge >= 0.3 is 10.3 Å². The molecule has 0 saturated heterocycles. The first-order valence-electron chi connectivity index (χ1n) is 8.11. The van der Waals surface area contributed by atoms with Crippen LogP contribution in [-0.4, -0.2) is 14.2 Å². The molecule has 1 aliphatic rings. The molecule has 5 nitrogen and oxygen atoms in total. The molecule has 0 bridgehead atoms. The van der Waals surface area contributed by atoms with Gasteiger partial charge in [-0.25, -0.2) is 0 Å². The average Bonchev–Trinajstić information content (AvgIpc) is 2.33. The maximum absolute atomic E-state index is 12.1. The SMILES string of the molecule is CC(=O)C[C@@H]1NS(=O)(=O)Oc2c1cc(C(C)(C)C)cc2C(C)(C)C. The molecular formula is C18H27NO4S. The highest BCUT2D eigenvalue weighted by Crippen LogP contribution is 2.43. The van der Waals surface area contributed by atoms with Crippen molar-refractivity contribution in [2.24, 2.45) is 0 Å². The van der Waals surface area contributed by atoms with E-state index in [2.05, 4.69) is 25.5 Å². The second-order valence-corrected chi connectivity index (χ2v) is 9.87. The van der Waals surface area contributed by atoms with Crippen LogP contribution in [0.2, 0.25) is 0 Å². The molecule has 6 heteroatoms. The van der Waals surface area contributed by atoms with Crippen LogP contribution < -0.4 is 8.91 Å². The second-order valence-electron chi connectivity index (χ2n) is 8.56. The lowest BCUT2D eigenvalue weighted by Crippen LogP contribution is -2.39. The number of fused-ring (bicyclic) bond motifs is 1. The summed E-state index contributed by atoms with van der Waals surface area (Å²) in [6, 6.07) is 3.38. The van der Waals surface area contributed by atoms with Crippen LogP contribution in [0.1, 0.15) is 77.6 Å². The lowest BCUT2D eigenvalue weighted by Gasteiger charge is -2.33. The number of hydrogen-bond donors (Lipinski definition) is 1. The number of carbonyl (C=O) groups is 1. The zero-order valence-corrected chi connectivity index (χ0v) is 16.3. The number of rotatable bonds is 2. The largest absolute Gasteiger partial charge is 0.383 e. The van der Waals surface area contributed by atoms with E-state index < -0.39 is 16.3 Å². The van der Waals surface area contributed by atoms with E-state index in [1.54, 1.807) is 0 Å². The van der Waals surface area contributed by atoms with Crippen LogP contribution in [0.15, 0.2) is 12.1 Å². The van der Waals surface area contributed by atoms with Gasteiger partial charge in [-0.2, -0.15) is 13.1 Å². The van der Waals surface area contributed by atoms with Gasteiger partial charge in [-0.1, -0.05) is 47.6 Å². The van der Waals surface area contributed by atoms with Gasteiger partial charge in [-0.15, -0.1) is 0 Å². The highest BCUT2D eigenvalue weighted by atomic mass is 32.2. The van der Waals surface area contributed by atoms with Crippen molar-refractivity contribution < 1.29 is 17.4 Å². The Morgan fingerprint density at radius 1 is 1.12 bits per heavy atom. The normalized spacial score (nSPS) is 20.2. The van der Waals surface area contributed by atoms with Crippen molar-refractivity contribution in [3.63, 3.8) is 0 Å². The molecule has 1 atom stereocenters. The van der Waals surface area contributed by atoms with E-state index in [1.165, 1.54) is 6.92 Å². The van der Waals surface area contributed by atoms with E-state index in [0.29, 0.717) is 5.75 Å². The van der Waals surface area contributed by atoms with E-state index in [1.807, 2.05) is 32.9 Å². The summed E-state index contributed by atoms with van der Waals surface area (Å²) in [7, 11) is -3.92. The Morgan fingerprint density at radius 2 is 1.71 bits per heavy atom. The lowest BCUT2D eigenvalue weighted by molar-refractivity contribution is -0.117. The molecule has 1 aromatic rings. The Morgan fingerprint density at radius 3 is 2.17 bits per heavy atom. The summed E-state index contributed by atoms with van der Waals surface area (Å²) in [5.41, 5.74) is 2.26. The summed E-state index contributed by atoms with van der Waals surface area (Å²) in [4.78, 5) is 11.6. The Labute approximate surface area is 145 Å². The molecule has 0 fully saturated rings. The van der Waals surface area contributed by atoms with Gasteiger partial charge in [-0.05, 0) is 29.4 Å². The Kier molecular flexibility index (Phi) is 4.61. The molecule has 134 valence electrons. The van der Waals surface area contributed by atoms with Crippen LogP contribution in [0.25, 0.3) is 0 Å². The van der Waals surface area contributed by atoms with Crippen LogP contribution >= 0.6 is 0 Å². The van der Waals surface area contributed by atoms with Crippen molar-refractivity contribution in [3.8, 4) is 5.75 Å². The van der Waals surface area contributed by atoms with E-state index in [-0.39, 0.29) is 23.0 Å². The van der Waals surface area contributed by atoms with Gasteiger partial charge in [0.2, 0.25) is 0 Å². The van der Waals surface area contributed by atoms with Gasteiger partial charge in [0.25, 0.3) is 0 Å². The third-order valence-corrected chi connectivity index (χ3v) is 5.10. The molecule has 1 N–H and O–H groups in total. The van der Waals surface area contributed by atoms with Crippen molar-refractivity contribution >= 4 is 16.1 Å². The standard InChI is InChI=1S/C18H27NO4S/c1-11(20)8-15-13-9-12(17(2,3)4)10-14(18(5,6)7)16(13)23-24(21,22)19-15/h9-10,15,19H,8H2,1-7H3/t15-/m0/s1. The molecular weight excluding hydrogens is 326 g/mol. The number of Topliss-reactive ketones (excluding diaryl/α,β-unsaturated/α-hetero) is 1. The first kappa shape index (κ1) is 18.9. The molecule has 0 amide bonds. The smallest absolute Gasteiger partial charge is 0.370 e. The molecule has 0 aliphatic carbocycles. The van der Waals surface area contributed by atoms with Gasteiger partial charge < -0.3 is 4.18 Å². The summed E-state index contributed by atoms with van der Waals surface area (Å²) in [6.07, 6.45) is 0.104. The zero-order valence-electron chi connectivity index (χ0n) is 15.5. The van der Waals surface area contributed by atoms with Gasteiger partial charge in [0.1, 0.15) is 5.78 Å². The van der Waals surface area contributed by atoms with Gasteiger partial charge in [-0.3, -0.25) is 4.79 Å². The van der Waals surface area contributed by atoms with Gasteiger partial charge in [0.05, 0.1) is 6.04 Å². The van der Waals surface area contributed by atoms with E-state index >= 15 is 0 Å². The van der Waals surface area contributed by atoms with E-state index in [0.717, 1.165) is 16.7 Å². The van der Waals surface area contributed by atoms with Crippen molar-refractivity contribution in [2.45, 2.75) is 71.8 Å². The molecule has 1 aliphatic heterocycles. The van der Waals surface area contributed by atoms with Gasteiger partial charge in [0.15, 0.2) is 5.75 Å². The lowest BCUT2D eigenvalue weighted by atomic mass is 9.78. The highest BCUT2D eigenvalue weighted by Gasteiger charge is 2.36. The van der Waals surface area contributed by atoms with Crippen LogP contribution in [0.4, 0.5) is 0 Å². The molecule has 24 heavy (non-hydrogen) atoms. The predicted octanol–water partition coefficient (Wildman–Crippen LogP) is 3.53. The summed E-state index contributed by atoms with van der Waals surface area (Å²) < 4.78 is 32.0. The third-order valence-electron chi connectivity index (χ3n) is 4.14. The number of benzene rings is 1. The molecule has 0 spiro atoms. The maximum atomic E-state index is 12.1. The molecule has 0 saturated carbocycles. The molecule has 1 aromatic carbocycles. The quantitative estimate of drug-likeness (QED) is 0.883. The van der Waals surface area contributed by atoms with Crippen molar-refractivity contribution in [1.29, 1.82) is 0 Å². The van der Waals surface area contributed by atoms with E-state index in [9.17, 15) is 13.2 Å². The van der Waals surface area contributed by atoms with Crippen LogP contribution in [0.5, 0.6) is 5.75 Å². The van der Waals surface area contributed by atoms with Crippen LogP contribution in [0, 0.1) is 0 Å². The Hall–Kier alpha value is -1.40. The van der Waals surface area contributed by atoms with Crippen molar-refractivity contribution in [3.05, 3.63) is 28.8 Å². The summed E-state index contributed by atoms with van der Waals surface area (Å²) in [6.45, 7) is 13.8. The summed E-state index contributed by atoms with van der Waals surface area (Å²) in [5.74, 6) is 0.287. The van der Waals surface area contributed by atoms with Crippen molar-refractivity contribution in [2.75, 3.05) is 0 Å². The van der Waals surface area contributed by atoms with E-state index in [4.69, 9.17) is 4.18 Å². The first-order chi connectivity index (χ1) is 10.7.